The van der Waals surface area contributed by atoms with Crippen LogP contribution in [-0.4, -0.2) is 51.1 Å². The molecule has 0 fully saturated rings. The van der Waals surface area contributed by atoms with Gasteiger partial charge in [-0.05, 0) is 19.3 Å². The van der Waals surface area contributed by atoms with Gasteiger partial charge in [0, 0.05) is 18.6 Å². The predicted molar refractivity (Wildman–Crippen MR) is 118 cm³/mol. The number of rotatable bonds is 15. The quantitative estimate of drug-likeness (QED) is 0.326. The van der Waals surface area contributed by atoms with E-state index >= 15 is 0 Å². The number of nitrogens with one attached hydrogen (secondary N) is 3. The van der Waals surface area contributed by atoms with Crippen molar-refractivity contribution in [1.29, 1.82) is 0 Å². The van der Waals surface area contributed by atoms with Gasteiger partial charge >= 0.3 is 0 Å². The van der Waals surface area contributed by atoms with Crippen molar-refractivity contribution >= 4 is 0 Å². The third-order valence-corrected chi connectivity index (χ3v) is 5.90. The highest BCUT2D eigenvalue weighted by Gasteiger charge is 2.37. The van der Waals surface area contributed by atoms with Gasteiger partial charge in [-0.15, -0.1) is 15.3 Å². The van der Waals surface area contributed by atoms with Gasteiger partial charge in [0.25, 0.3) is 0 Å². The van der Waals surface area contributed by atoms with Gasteiger partial charge < -0.3 is 0 Å². The minimum absolute atomic E-state index is 0.0933. The zero-order valence-corrected chi connectivity index (χ0v) is 19.0. The smallest absolute Gasteiger partial charge is 0.0996 e. The fraction of sp³-hybridized carbons (Fsp3) is 0.714. The maximum absolute atomic E-state index is 4.44. The normalized spacial score (nSPS) is 14.7. The van der Waals surface area contributed by atoms with Crippen molar-refractivity contribution in [3.63, 3.8) is 0 Å². The Morgan fingerprint density at radius 1 is 0.613 bits per heavy atom. The van der Waals surface area contributed by atoms with E-state index in [1.54, 1.807) is 0 Å². The second kappa shape index (κ2) is 12.3. The van der Waals surface area contributed by atoms with E-state index < -0.39 is 0 Å². The Balaban J connectivity index is 2.09. The van der Waals surface area contributed by atoms with Gasteiger partial charge in [0.15, 0.2) is 0 Å². The first-order chi connectivity index (χ1) is 15.3. The van der Waals surface area contributed by atoms with Gasteiger partial charge in [0.05, 0.1) is 35.2 Å². The number of aromatic nitrogens is 9. The molecule has 0 aliphatic heterocycles. The Morgan fingerprint density at radius 3 is 1.16 bits per heavy atom. The van der Waals surface area contributed by atoms with E-state index in [2.05, 4.69) is 71.9 Å². The van der Waals surface area contributed by atoms with Crippen LogP contribution in [0.2, 0.25) is 0 Å². The summed E-state index contributed by atoms with van der Waals surface area (Å²) in [4.78, 5) is 2.56. The van der Waals surface area contributed by atoms with Gasteiger partial charge in [-0.2, -0.15) is 0 Å². The summed E-state index contributed by atoms with van der Waals surface area (Å²) in [7, 11) is 0. The van der Waals surface area contributed by atoms with E-state index in [9.17, 15) is 0 Å². The zero-order chi connectivity index (χ0) is 21.9. The molecule has 10 heteroatoms. The van der Waals surface area contributed by atoms with Crippen molar-refractivity contribution in [1.82, 2.24) is 51.1 Å². The number of hydrogen-bond acceptors (Lipinski definition) is 7. The molecule has 0 saturated carbocycles. The Bertz CT molecular complexity index is 690. The van der Waals surface area contributed by atoms with E-state index in [4.69, 9.17) is 0 Å². The Morgan fingerprint density at radius 2 is 0.935 bits per heavy atom. The first-order valence-electron chi connectivity index (χ1n) is 11.7. The number of nitrogens with zero attached hydrogens (tertiary/aromatic N) is 7. The van der Waals surface area contributed by atoms with Crippen molar-refractivity contribution in [2.24, 2.45) is 0 Å². The van der Waals surface area contributed by atoms with Gasteiger partial charge in [-0.1, -0.05) is 74.9 Å². The fourth-order valence-electron chi connectivity index (χ4n) is 4.31. The molecule has 3 unspecified atom stereocenters. The van der Waals surface area contributed by atoms with Crippen molar-refractivity contribution in [3.8, 4) is 0 Å². The van der Waals surface area contributed by atoms with Crippen LogP contribution in [0.15, 0.2) is 18.6 Å². The van der Waals surface area contributed by atoms with Crippen molar-refractivity contribution in [2.45, 2.75) is 96.7 Å². The van der Waals surface area contributed by atoms with E-state index in [0.29, 0.717) is 0 Å². The maximum Gasteiger partial charge on any atom is 0.0996 e. The topological polar surface area (TPSA) is 128 Å². The second-order valence-electron chi connectivity index (χ2n) is 8.12. The molecule has 31 heavy (non-hydrogen) atoms. The molecule has 3 heterocycles. The van der Waals surface area contributed by atoms with E-state index in [1.807, 2.05) is 18.6 Å². The summed E-state index contributed by atoms with van der Waals surface area (Å²) < 4.78 is 0. The minimum atomic E-state index is 0.0933. The molecule has 10 nitrogen and oxygen atoms in total. The lowest BCUT2D eigenvalue weighted by atomic mass is 9.93. The molecule has 0 bridgehead atoms. The molecule has 0 aliphatic carbocycles. The summed E-state index contributed by atoms with van der Waals surface area (Å²) in [5.41, 5.74) is 2.88. The highest BCUT2D eigenvalue weighted by molar-refractivity contribution is 5.12. The van der Waals surface area contributed by atoms with Crippen LogP contribution >= 0.6 is 0 Å². The van der Waals surface area contributed by atoms with Crippen molar-refractivity contribution < 1.29 is 0 Å². The molecule has 3 aromatic rings. The zero-order valence-electron chi connectivity index (χ0n) is 19.0. The number of unbranched alkanes of at least 4 members (excludes halogenated alkanes) is 3. The second-order valence-corrected chi connectivity index (χ2v) is 8.12. The molecule has 3 N–H and O–H groups in total. The summed E-state index contributed by atoms with van der Waals surface area (Å²) in [6.45, 7) is 6.67. The predicted octanol–water partition coefficient (Wildman–Crippen LogP) is 4.44. The molecular formula is C21H36N10. The van der Waals surface area contributed by atoms with Gasteiger partial charge in [0.2, 0.25) is 0 Å². The lowest BCUT2D eigenvalue weighted by molar-refractivity contribution is 0.0492. The number of H-pyrrole nitrogens is 3. The van der Waals surface area contributed by atoms with Gasteiger partial charge in [-0.3, -0.25) is 20.2 Å². The Labute approximate surface area is 184 Å². The van der Waals surface area contributed by atoms with Crippen molar-refractivity contribution in [3.05, 3.63) is 35.7 Å². The Hall–Kier alpha value is -2.62. The highest BCUT2D eigenvalue weighted by Crippen LogP contribution is 2.43. The van der Waals surface area contributed by atoms with Crippen LogP contribution in [0.5, 0.6) is 0 Å². The average molecular weight is 429 g/mol. The third-order valence-electron chi connectivity index (χ3n) is 5.90. The fourth-order valence-corrected chi connectivity index (χ4v) is 4.31. The summed E-state index contributed by atoms with van der Waals surface area (Å²) in [5.74, 6) is 0. The average Bonchev–Trinajstić information content (AvgIpc) is 3.57. The third kappa shape index (κ3) is 5.96. The van der Waals surface area contributed by atoms with E-state index in [0.717, 1.165) is 74.9 Å². The first kappa shape index (κ1) is 23.1. The molecular weight excluding hydrogens is 392 g/mol. The van der Waals surface area contributed by atoms with Crippen LogP contribution in [0.1, 0.15) is 114 Å². The standard InChI is InChI=1S/C21H36N10/c1-4-7-10-19(16-13-22-28-25-16)31(20(11-8-5-2)17-14-23-29-26-17)21(12-9-6-3)18-15-24-30-27-18/h13-15,19-21H,4-12H2,1-3H3,(H,22,25,28)(H,23,26,29)(H,24,27,30). The van der Waals surface area contributed by atoms with Crippen LogP contribution in [0, 0.1) is 0 Å². The van der Waals surface area contributed by atoms with Crippen LogP contribution < -0.4 is 0 Å². The molecule has 0 aliphatic rings. The lowest BCUT2D eigenvalue weighted by Gasteiger charge is -2.41. The van der Waals surface area contributed by atoms with Crippen LogP contribution in [-0.2, 0) is 0 Å². The van der Waals surface area contributed by atoms with Gasteiger partial charge in [0.1, 0.15) is 0 Å². The van der Waals surface area contributed by atoms with Gasteiger partial charge in [-0.25, -0.2) is 0 Å². The van der Waals surface area contributed by atoms with E-state index in [1.165, 1.54) is 0 Å². The largest absolute Gasteiger partial charge is 0.277 e. The number of aromatic amines is 3. The molecule has 0 radical (unpaired) electrons. The highest BCUT2D eigenvalue weighted by atomic mass is 15.4. The SMILES string of the molecule is CCCCC(c1c[nH]nn1)N(C(CCCC)c1c[nH]nn1)C(CCCC)c1c[nH]nn1. The molecule has 170 valence electrons. The van der Waals surface area contributed by atoms with Crippen LogP contribution in [0.4, 0.5) is 0 Å². The monoisotopic (exact) mass is 428 g/mol. The molecule has 3 aromatic heterocycles. The molecule has 0 saturated heterocycles. The summed E-state index contributed by atoms with van der Waals surface area (Å²) in [6.07, 6.45) is 15.4. The molecule has 3 atom stereocenters. The summed E-state index contributed by atoms with van der Waals surface area (Å²) in [5, 5.41) is 34.2. The first-order valence-corrected chi connectivity index (χ1v) is 11.7. The molecule has 0 aromatic carbocycles. The van der Waals surface area contributed by atoms with Crippen LogP contribution in [0.25, 0.3) is 0 Å². The summed E-state index contributed by atoms with van der Waals surface area (Å²) in [6, 6.07) is 0.280. The summed E-state index contributed by atoms with van der Waals surface area (Å²) >= 11 is 0. The maximum atomic E-state index is 4.44. The minimum Gasteiger partial charge on any atom is -0.277 e. The van der Waals surface area contributed by atoms with Crippen molar-refractivity contribution in [2.75, 3.05) is 0 Å². The molecule has 3 rings (SSSR count). The van der Waals surface area contributed by atoms with Crippen LogP contribution in [0.3, 0.4) is 0 Å². The van der Waals surface area contributed by atoms with E-state index in [-0.39, 0.29) is 18.1 Å². The molecule has 0 spiro atoms. The molecule has 0 amide bonds. The lowest BCUT2D eigenvalue weighted by Crippen LogP contribution is -2.37. The Kier molecular flexibility index (Phi) is 9.14. The number of hydrogen-bond donors (Lipinski definition) is 3.